The highest BCUT2D eigenvalue weighted by molar-refractivity contribution is 6.27. The summed E-state index contributed by atoms with van der Waals surface area (Å²) in [6, 6.07) is -0.0498. The Kier molecular flexibility index (Phi) is 3.93. The second-order valence-electron chi connectivity index (χ2n) is 3.24. The molecule has 1 saturated heterocycles. The predicted molar refractivity (Wildman–Crippen MR) is 49.4 cm³/mol. The summed E-state index contributed by atoms with van der Waals surface area (Å²) in [4.78, 5) is 12.7. The molecular weight excluding hydrogens is 195 g/mol. The van der Waals surface area contributed by atoms with Gasteiger partial charge in [0.15, 0.2) is 0 Å². The largest absolute Gasteiger partial charge is 0.336 e. The maximum absolute atomic E-state index is 13.0. The number of carbonyl (C=O) groups excluding carboxylic acids is 1. The lowest BCUT2D eigenvalue weighted by Crippen LogP contribution is -2.37. The summed E-state index contributed by atoms with van der Waals surface area (Å²) in [5.41, 5.74) is 5.36. The van der Waals surface area contributed by atoms with Crippen LogP contribution in [0.1, 0.15) is 12.8 Å². The van der Waals surface area contributed by atoms with Crippen LogP contribution in [0.5, 0.6) is 0 Å². The van der Waals surface area contributed by atoms with Gasteiger partial charge in [-0.05, 0) is 13.0 Å². The molecule has 1 aliphatic rings. The monoisotopic (exact) mass is 208 g/mol. The first-order valence-electron chi connectivity index (χ1n) is 4.38. The third kappa shape index (κ3) is 2.54. The second-order valence-corrected chi connectivity index (χ2v) is 3.51. The third-order valence-corrected chi connectivity index (χ3v) is 2.53. The highest BCUT2D eigenvalue weighted by Gasteiger charge is 2.33. The summed E-state index contributed by atoms with van der Waals surface area (Å²) in [7, 11) is 0. The molecule has 76 valence electrons. The van der Waals surface area contributed by atoms with E-state index >= 15 is 0 Å². The third-order valence-electron chi connectivity index (χ3n) is 2.30. The average Bonchev–Trinajstić information content (AvgIpc) is 2.46. The number of rotatable bonds is 3. The van der Waals surface area contributed by atoms with Gasteiger partial charge in [-0.3, -0.25) is 4.79 Å². The Balaban J connectivity index is 2.55. The highest BCUT2D eigenvalue weighted by atomic mass is 35.5. The molecule has 0 aromatic carbocycles. The van der Waals surface area contributed by atoms with Crippen molar-refractivity contribution >= 4 is 17.5 Å². The number of alkyl halides is 2. The van der Waals surface area contributed by atoms with Gasteiger partial charge >= 0.3 is 0 Å². The molecule has 0 saturated carbocycles. The van der Waals surface area contributed by atoms with E-state index in [2.05, 4.69) is 0 Å². The zero-order valence-corrected chi connectivity index (χ0v) is 8.13. The minimum absolute atomic E-state index is 0.0498. The van der Waals surface area contributed by atoms with Gasteiger partial charge in [0, 0.05) is 12.5 Å². The Hall–Kier alpha value is -0.350. The minimum Gasteiger partial charge on any atom is -0.336 e. The quantitative estimate of drug-likeness (QED) is 0.688. The van der Waals surface area contributed by atoms with Crippen molar-refractivity contribution in [1.29, 1.82) is 0 Å². The van der Waals surface area contributed by atoms with E-state index in [0.717, 1.165) is 0 Å². The van der Waals surface area contributed by atoms with Crippen molar-refractivity contribution in [2.45, 2.75) is 25.1 Å². The maximum atomic E-state index is 13.0. The van der Waals surface area contributed by atoms with Crippen LogP contribution in [-0.4, -0.2) is 42.0 Å². The van der Waals surface area contributed by atoms with Crippen LogP contribution in [0, 0.1) is 0 Å². The number of amides is 1. The molecule has 5 heteroatoms. The number of hydrogen-bond donors (Lipinski definition) is 1. The van der Waals surface area contributed by atoms with Crippen LogP contribution in [-0.2, 0) is 4.79 Å². The van der Waals surface area contributed by atoms with Crippen molar-refractivity contribution in [3.63, 3.8) is 0 Å². The van der Waals surface area contributed by atoms with Crippen LogP contribution < -0.4 is 5.73 Å². The Labute approximate surface area is 82.0 Å². The molecule has 0 aliphatic carbocycles. The van der Waals surface area contributed by atoms with E-state index in [0.29, 0.717) is 19.4 Å². The predicted octanol–water partition coefficient (Wildman–Crippen LogP) is 0.513. The molecule has 0 radical (unpaired) electrons. The summed E-state index contributed by atoms with van der Waals surface area (Å²) in [5.74, 6) is -0.270. The van der Waals surface area contributed by atoms with E-state index in [4.69, 9.17) is 17.3 Å². The topological polar surface area (TPSA) is 46.3 Å². The summed E-state index contributed by atoms with van der Waals surface area (Å²) >= 11 is 5.40. The molecule has 13 heavy (non-hydrogen) atoms. The SMILES string of the molecule is NCC[C@@H]1C[C@H](F)CN1C(=O)CCl. The van der Waals surface area contributed by atoms with Gasteiger partial charge in [-0.25, -0.2) is 4.39 Å². The van der Waals surface area contributed by atoms with E-state index in [1.807, 2.05) is 0 Å². The van der Waals surface area contributed by atoms with Gasteiger partial charge in [-0.15, -0.1) is 11.6 Å². The van der Waals surface area contributed by atoms with Crippen LogP contribution in [0.2, 0.25) is 0 Å². The van der Waals surface area contributed by atoms with Gasteiger partial charge in [0.2, 0.25) is 5.91 Å². The second kappa shape index (κ2) is 4.77. The van der Waals surface area contributed by atoms with Gasteiger partial charge < -0.3 is 10.6 Å². The van der Waals surface area contributed by atoms with Crippen LogP contribution in [0.4, 0.5) is 4.39 Å². The fraction of sp³-hybridized carbons (Fsp3) is 0.875. The van der Waals surface area contributed by atoms with Crippen molar-refractivity contribution in [3.05, 3.63) is 0 Å². The number of halogens is 2. The molecule has 3 nitrogen and oxygen atoms in total. The zero-order chi connectivity index (χ0) is 9.84. The fourth-order valence-electron chi connectivity index (χ4n) is 1.71. The van der Waals surface area contributed by atoms with Crippen LogP contribution >= 0.6 is 11.6 Å². The average molecular weight is 209 g/mol. The molecule has 1 rings (SSSR count). The van der Waals surface area contributed by atoms with Gasteiger partial charge in [0.05, 0.1) is 6.54 Å². The van der Waals surface area contributed by atoms with Gasteiger partial charge in [-0.2, -0.15) is 0 Å². The molecule has 1 aliphatic heterocycles. The number of nitrogens with zero attached hydrogens (tertiary/aromatic N) is 1. The number of carbonyl (C=O) groups is 1. The molecule has 0 unspecified atom stereocenters. The molecule has 0 aromatic rings. The molecule has 0 bridgehead atoms. The van der Waals surface area contributed by atoms with Crippen LogP contribution in [0.3, 0.4) is 0 Å². The Morgan fingerprint density at radius 3 is 2.92 bits per heavy atom. The smallest absolute Gasteiger partial charge is 0.237 e. The van der Waals surface area contributed by atoms with Crippen molar-refractivity contribution < 1.29 is 9.18 Å². The first kappa shape index (κ1) is 10.7. The van der Waals surface area contributed by atoms with E-state index in [1.165, 1.54) is 4.90 Å². The number of likely N-dealkylation sites (tertiary alicyclic amines) is 1. The lowest BCUT2D eigenvalue weighted by molar-refractivity contribution is -0.129. The first-order valence-corrected chi connectivity index (χ1v) is 4.92. The molecule has 2 N–H and O–H groups in total. The van der Waals surface area contributed by atoms with Crippen LogP contribution in [0.15, 0.2) is 0 Å². The number of nitrogens with two attached hydrogens (primary N) is 1. The van der Waals surface area contributed by atoms with Gasteiger partial charge in [0.25, 0.3) is 0 Å². The highest BCUT2D eigenvalue weighted by Crippen LogP contribution is 2.22. The summed E-state index contributed by atoms with van der Waals surface area (Å²) in [5, 5.41) is 0. The van der Waals surface area contributed by atoms with Crippen molar-refractivity contribution in [1.82, 2.24) is 4.90 Å². The van der Waals surface area contributed by atoms with Crippen molar-refractivity contribution in [2.24, 2.45) is 5.73 Å². The van der Waals surface area contributed by atoms with E-state index < -0.39 is 6.17 Å². The van der Waals surface area contributed by atoms with Gasteiger partial charge in [0.1, 0.15) is 12.1 Å². The van der Waals surface area contributed by atoms with E-state index in [9.17, 15) is 9.18 Å². The molecule has 1 fully saturated rings. The van der Waals surface area contributed by atoms with Crippen molar-refractivity contribution in [2.75, 3.05) is 19.0 Å². The summed E-state index contributed by atoms with van der Waals surface area (Å²) in [6.45, 7) is 0.652. The summed E-state index contributed by atoms with van der Waals surface area (Å²) < 4.78 is 13.0. The Bertz CT molecular complexity index is 191. The number of hydrogen-bond acceptors (Lipinski definition) is 2. The first-order chi connectivity index (χ1) is 6.19. The molecule has 1 heterocycles. The summed E-state index contributed by atoms with van der Waals surface area (Å²) in [6.07, 6.45) is 0.145. The molecule has 0 aromatic heterocycles. The van der Waals surface area contributed by atoms with E-state index in [-0.39, 0.29) is 24.4 Å². The van der Waals surface area contributed by atoms with Crippen LogP contribution in [0.25, 0.3) is 0 Å². The minimum atomic E-state index is -0.913. The zero-order valence-electron chi connectivity index (χ0n) is 7.38. The molecule has 2 atom stereocenters. The standard InChI is InChI=1S/C8H14ClFN2O/c9-4-8(13)12-5-6(10)3-7(12)1-2-11/h6-7H,1-5,11H2/t6-,7+/m0/s1. The molecule has 1 amide bonds. The molecule has 0 spiro atoms. The normalized spacial score (nSPS) is 28.1. The molecular formula is C8H14ClFN2O. The lowest BCUT2D eigenvalue weighted by Gasteiger charge is -2.22. The Morgan fingerprint density at radius 2 is 2.38 bits per heavy atom. The maximum Gasteiger partial charge on any atom is 0.237 e. The Morgan fingerprint density at radius 1 is 1.69 bits per heavy atom. The van der Waals surface area contributed by atoms with Gasteiger partial charge in [-0.1, -0.05) is 0 Å². The van der Waals surface area contributed by atoms with Crippen molar-refractivity contribution in [3.8, 4) is 0 Å². The fourth-order valence-corrected chi connectivity index (χ4v) is 1.86. The van der Waals surface area contributed by atoms with E-state index in [1.54, 1.807) is 0 Å². The lowest BCUT2D eigenvalue weighted by atomic mass is 10.1.